The molecule has 1 rings (SSSR count). The number of anilines is 1. The molecule has 0 unspecified atom stereocenters. The number of benzene rings is 1. The fourth-order valence-electron chi connectivity index (χ4n) is 1.57. The predicted molar refractivity (Wildman–Crippen MR) is 72.1 cm³/mol. The van der Waals surface area contributed by atoms with E-state index >= 15 is 0 Å². The Labute approximate surface area is 103 Å². The highest BCUT2D eigenvalue weighted by molar-refractivity contribution is 5.90. The van der Waals surface area contributed by atoms with Gasteiger partial charge in [-0.3, -0.25) is 4.79 Å². The van der Waals surface area contributed by atoms with E-state index < -0.39 is 0 Å². The van der Waals surface area contributed by atoms with E-state index in [4.69, 9.17) is 5.73 Å². The molecular formula is C14H22N2O. The van der Waals surface area contributed by atoms with Gasteiger partial charge in [0.1, 0.15) is 0 Å². The van der Waals surface area contributed by atoms with Crippen molar-refractivity contribution in [2.24, 2.45) is 5.73 Å². The van der Waals surface area contributed by atoms with Crippen molar-refractivity contribution in [1.82, 2.24) is 0 Å². The lowest BCUT2D eigenvalue weighted by atomic mass is 9.85. The number of carbonyl (C=O) groups excluding carboxylic acids is 1. The third-order valence-corrected chi connectivity index (χ3v) is 2.94. The zero-order valence-electron chi connectivity index (χ0n) is 10.9. The molecule has 0 heterocycles. The van der Waals surface area contributed by atoms with Gasteiger partial charge in [-0.05, 0) is 24.1 Å². The third kappa shape index (κ3) is 3.86. The fraction of sp³-hybridized carbons (Fsp3) is 0.500. The highest BCUT2D eigenvalue weighted by Crippen LogP contribution is 2.23. The van der Waals surface area contributed by atoms with Crippen molar-refractivity contribution >= 4 is 11.6 Å². The van der Waals surface area contributed by atoms with Crippen molar-refractivity contribution in [1.29, 1.82) is 0 Å². The Balaban J connectivity index is 2.72. The zero-order chi connectivity index (χ0) is 12.9. The molecule has 0 fully saturated rings. The number of nitrogens with one attached hydrogen (secondary N) is 1. The molecule has 0 aliphatic heterocycles. The van der Waals surface area contributed by atoms with Crippen molar-refractivity contribution in [3.63, 3.8) is 0 Å². The molecule has 0 saturated carbocycles. The second kappa shape index (κ2) is 5.82. The van der Waals surface area contributed by atoms with Gasteiger partial charge in [-0.25, -0.2) is 0 Å². The van der Waals surface area contributed by atoms with Gasteiger partial charge in [-0.2, -0.15) is 0 Å². The van der Waals surface area contributed by atoms with Crippen LogP contribution in [-0.2, 0) is 10.2 Å². The summed E-state index contributed by atoms with van der Waals surface area (Å²) in [6.45, 7) is 6.82. The average molecular weight is 234 g/mol. The highest BCUT2D eigenvalue weighted by Gasteiger charge is 2.17. The summed E-state index contributed by atoms with van der Waals surface area (Å²) in [6.07, 6.45) is 1.43. The van der Waals surface area contributed by atoms with Crippen LogP contribution in [0.4, 0.5) is 5.69 Å². The van der Waals surface area contributed by atoms with Gasteiger partial charge in [0.25, 0.3) is 0 Å². The summed E-state index contributed by atoms with van der Waals surface area (Å²) < 4.78 is 0. The summed E-state index contributed by atoms with van der Waals surface area (Å²) in [5, 5.41) is 2.87. The first-order chi connectivity index (χ1) is 7.99. The summed E-state index contributed by atoms with van der Waals surface area (Å²) in [5.74, 6) is 0.0679. The van der Waals surface area contributed by atoms with Crippen molar-refractivity contribution in [2.75, 3.05) is 11.9 Å². The van der Waals surface area contributed by atoms with Gasteiger partial charge in [0.15, 0.2) is 0 Å². The number of nitrogens with two attached hydrogens (primary N) is 1. The fourth-order valence-corrected chi connectivity index (χ4v) is 1.57. The Kier molecular flexibility index (Phi) is 4.70. The van der Waals surface area contributed by atoms with Gasteiger partial charge in [0.2, 0.25) is 5.91 Å². The molecule has 3 nitrogen and oxygen atoms in total. The third-order valence-electron chi connectivity index (χ3n) is 2.94. The number of rotatable bonds is 5. The maximum Gasteiger partial charge on any atom is 0.224 e. The molecule has 1 aromatic rings. The van der Waals surface area contributed by atoms with Crippen molar-refractivity contribution in [3.8, 4) is 0 Å². The minimum Gasteiger partial charge on any atom is -0.330 e. The van der Waals surface area contributed by atoms with E-state index in [0.717, 1.165) is 12.1 Å². The lowest BCUT2D eigenvalue weighted by Gasteiger charge is -2.23. The molecular weight excluding hydrogens is 212 g/mol. The minimum atomic E-state index is -0.0219. The van der Waals surface area contributed by atoms with E-state index in [1.54, 1.807) is 0 Å². The molecule has 94 valence electrons. The second-order valence-electron chi connectivity index (χ2n) is 4.96. The largest absolute Gasteiger partial charge is 0.330 e. The van der Waals surface area contributed by atoms with Crippen LogP contribution < -0.4 is 11.1 Å². The quantitative estimate of drug-likeness (QED) is 0.823. The Hall–Kier alpha value is -1.35. The van der Waals surface area contributed by atoms with Crippen molar-refractivity contribution in [2.45, 2.75) is 39.0 Å². The molecule has 0 spiro atoms. The van der Waals surface area contributed by atoms with Crippen LogP contribution in [-0.4, -0.2) is 12.5 Å². The Morgan fingerprint density at radius 3 is 2.35 bits per heavy atom. The van der Waals surface area contributed by atoms with Crippen molar-refractivity contribution < 1.29 is 4.79 Å². The first-order valence-electron chi connectivity index (χ1n) is 6.10. The van der Waals surface area contributed by atoms with E-state index in [1.807, 2.05) is 31.2 Å². The molecule has 0 saturated heterocycles. The van der Waals surface area contributed by atoms with E-state index in [9.17, 15) is 4.79 Å². The van der Waals surface area contributed by atoms with Crippen LogP contribution in [0.25, 0.3) is 0 Å². The first kappa shape index (κ1) is 13.7. The average Bonchev–Trinajstić information content (AvgIpc) is 2.30. The molecule has 1 aromatic carbocycles. The number of carbonyl (C=O) groups is 1. The van der Waals surface area contributed by atoms with Gasteiger partial charge in [-0.15, -0.1) is 0 Å². The molecule has 17 heavy (non-hydrogen) atoms. The summed E-state index contributed by atoms with van der Waals surface area (Å²) >= 11 is 0. The Morgan fingerprint density at radius 2 is 1.88 bits per heavy atom. The van der Waals surface area contributed by atoms with E-state index in [2.05, 4.69) is 19.2 Å². The molecule has 0 aliphatic rings. The van der Waals surface area contributed by atoms with Gasteiger partial charge in [0, 0.05) is 24.1 Å². The molecule has 0 aromatic heterocycles. The summed E-state index contributed by atoms with van der Waals surface area (Å²) in [7, 11) is 0. The normalized spacial score (nSPS) is 11.3. The monoisotopic (exact) mass is 234 g/mol. The predicted octanol–water partition coefficient (Wildman–Crippen LogP) is 2.66. The second-order valence-corrected chi connectivity index (χ2v) is 4.96. The molecule has 0 aliphatic carbocycles. The van der Waals surface area contributed by atoms with Crippen LogP contribution in [0.2, 0.25) is 0 Å². The van der Waals surface area contributed by atoms with E-state index in [-0.39, 0.29) is 11.3 Å². The Bertz CT molecular complexity index is 368. The lowest BCUT2D eigenvalue weighted by Crippen LogP contribution is -2.27. The first-order valence-corrected chi connectivity index (χ1v) is 6.10. The molecule has 0 bridgehead atoms. The standard InChI is InChI=1S/C14H22N2O/c1-4-5-13(17)16-12-8-6-11(7-9-12)14(2,3)10-15/h6-9H,4-5,10,15H2,1-3H3,(H,16,17). The molecule has 0 atom stereocenters. The van der Waals surface area contributed by atoms with Gasteiger partial charge in [-0.1, -0.05) is 32.9 Å². The van der Waals surface area contributed by atoms with Crippen LogP contribution in [0.5, 0.6) is 0 Å². The van der Waals surface area contributed by atoms with Crippen LogP contribution in [0.15, 0.2) is 24.3 Å². The topological polar surface area (TPSA) is 55.1 Å². The lowest BCUT2D eigenvalue weighted by molar-refractivity contribution is -0.116. The maximum atomic E-state index is 11.4. The van der Waals surface area contributed by atoms with Gasteiger partial charge < -0.3 is 11.1 Å². The zero-order valence-corrected chi connectivity index (χ0v) is 10.9. The summed E-state index contributed by atoms with van der Waals surface area (Å²) in [4.78, 5) is 11.4. The maximum absolute atomic E-state index is 11.4. The molecule has 3 heteroatoms. The summed E-state index contributed by atoms with van der Waals surface area (Å²) in [5.41, 5.74) is 7.74. The SMILES string of the molecule is CCCC(=O)Nc1ccc(C(C)(C)CN)cc1. The van der Waals surface area contributed by atoms with Crippen LogP contribution in [0.3, 0.4) is 0 Å². The van der Waals surface area contributed by atoms with Crippen LogP contribution in [0, 0.1) is 0 Å². The molecule has 3 N–H and O–H groups in total. The Morgan fingerprint density at radius 1 is 1.29 bits per heavy atom. The number of hydrogen-bond acceptors (Lipinski definition) is 2. The van der Waals surface area contributed by atoms with E-state index in [0.29, 0.717) is 13.0 Å². The number of hydrogen-bond donors (Lipinski definition) is 2. The smallest absolute Gasteiger partial charge is 0.224 e. The summed E-state index contributed by atoms with van der Waals surface area (Å²) in [6, 6.07) is 7.91. The van der Waals surface area contributed by atoms with Gasteiger partial charge in [0.05, 0.1) is 0 Å². The number of amides is 1. The van der Waals surface area contributed by atoms with Crippen molar-refractivity contribution in [3.05, 3.63) is 29.8 Å². The van der Waals surface area contributed by atoms with E-state index in [1.165, 1.54) is 5.56 Å². The molecule has 0 radical (unpaired) electrons. The minimum absolute atomic E-state index is 0.0219. The van der Waals surface area contributed by atoms with Crippen LogP contribution >= 0.6 is 0 Å². The van der Waals surface area contributed by atoms with Crippen LogP contribution in [0.1, 0.15) is 39.2 Å². The molecule has 1 amide bonds. The van der Waals surface area contributed by atoms with Gasteiger partial charge >= 0.3 is 0 Å². The highest BCUT2D eigenvalue weighted by atomic mass is 16.1.